The number of para-hydroxylation sites is 3. The molecule has 1 heterocycles. The maximum Gasteiger partial charge on any atom is 0.0547 e. The van der Waals surface area contributed by atoms with Crippen molar-refractivity contribution in [1.29, 1.82) is 0 Å². The van der Waals surface area contributed by atoms with Gasteiger partial charge in [0.15, 0.2) is 0 Å². The normalized spacial score (nSPS) is 11.4. The number of fused-ring (bicyclic) bond motifs is 5. The van der Waals surface area contributed by atoms with Gasteiger partial charge in [0.25, 0.3) is 0 Å². The molecule has 12 aromatic rings. The summed E-state index contributed by atoms with van der Waals surface area (Å²) in [5, 5.41) is 7.46. The van der Waals surface area contributed by atoms with Crippen molar-refractivity contribution in [3.8, 4) is 50.2 Å². The quantitative estimate of drug-likeness (QED) is 0.148. The average molecular weight is 815 g/mol. The van der Waals surface area contributed by atoms with Gasteiger partial charge in [-0.05, 0) is 121 Å². The Balaban J connectivity index is 1.03. The molecule has 2 heteroatoms. The van der Waals surface area contributed by atoms with Crippen LogP contribution in [0.3, 0.4) is 0 Å². The highest BCUT2D eigenvalue weighted by Gasteiger charge is 2.22. The first-order valence-corrected chi connectivity index (χ1v) is 22.0. The van der Waals surface area contributed by atoms with E-state index in [4.69, 9.17) is 0 Å². The van der Waals surface area contributed by atoms with E-state index in [9.17, 15) is 0 Å². The second-order valence-corrected chi connectivity index (χ2v) is 16.5. The number of hydrogen-bond acceptors (Lipinski definition) is 1. The second kappa shape index (κ2) is 15.8. The Labute approximate surface area is 373 Å². The fraction of sp³-hybridized carbons (Fsp3) is 0. The highest BCUT2D eigenvalue weighted by Crippen LogP contribution is 2.47. The molecule has 0 aliphatic carbocycles. The minimum atomic E-state index is 1.08. The predicted octanol–water partition coefficient (Wildman–Crippen LogP) is 17.2. The highest BCUT2D eigenvalue weighted by atomic mass is 15.1. The number of rotatable bonds is 8. The smallest absolute Gasteiger partial charge is 0.0547 e. The predicted molar refractivity (Wildman–Crippen MR) is 272 cm³/mol. The number of anilines is 3. The standard InChI is InChI=1S/C62H42N2/c1-2-20-49(21-3-1)64-60-30-13-11-26-58(60)62-57(28-15-31-61(62)64)55-24-9-8-23-54(55)56-25-10-12-29-59(56)63(50-38-34-44(35-39-50)48-33-32-43-16-4-5-18-47(43)42-48)51-40-36-46(37-41-51)53-27-14-19-45-17-6-7-22-52(45)53/h1-42H. The van der Waals surface area contributed by atoms with Crippen LogP contribution in [0.4, 0.5) is 17.1 Å². The number of benzene rings is 11. The Morgan fingerprint density at radius 3 is 1.58 bits per heavy atom. The zero-order valence-electron chi connectivity index (χ0n) is 35.1. The van der Waals surface area contributed by atoms with Crippen LogP contribution in [0.25, 0.3) is 93.5 Å². The zero-order valence-corrected chi connectivity index (χ0v) is 35.1. The lowest BCUT2D eigenvalue weighted by molar-refractivity contribution is 1.18. The van der Waals surface area contributed by atoms with Gasteiger partial charge in [-0.3, -0.25) is 0 Å². The fourth-order valence-electron chi connectivity index (χ4n) is 9.81. The lowest BCUT2D eigenvalue weighted by Crippen LogP contribution is -2.11. The molecule has 0 spiro atoms. The topological polar surface area (TPSA) is 8.17 Å². The van der Waals surface area contributed by atoms with E-state index in [1.54, 1.807) is 0 Å². The van der Waals surface area contributed by atoms with Crippen LogP contribution in [0.5, 0.6) is 0 Å². The van der Waals surface area contributed by atoms with Gasteiger partial charge in [-0.1, -0.05) is 194 Å². The summed E-state index contributed by atoms with van der Waals surface area (Å²) in [5.41, 5.74) is 16.3. The molecule has 0 N–H and O–H groups in total. The van der Waals surface area contributed by atoms with Gasteiger partial charge in [0.1, 0.15) is 0 Å². The van der Waals surface area contributed by atoms with Crippen LogP contribution in [-0.2, 0) is 0 Å². The lowest BCUT2D eigenvalue weighted by Gasteiger charge is -2.29. The third kappa shape index (κ3) is 6.44. The van der Waals surface area contributed by atoms with E-state index >= 15 is 0 Å². The van der Waals surface area contributed by atoms with Gasteiger partial charge < -0.3 is 9.47 Å². The third-order valence-electron chi connectivity index (χ3n) is 12.8. The van der Waals surface area contributed by atoms with Gasteiger partial charge in [0, 0.05) is 33.4 Å². The van der Waals surface area contributed by atoms with Gasteiger partial charge >= 0.3 is 0 Å². The van der Waals surface area contributed by atoms with Crippen LogP contribution in [0.15, 0.2) is 255 Å². The third-order valence-corrected chi connectivity index (χ3v) is 12.8. The van der Waals surface area contributed by atoms with Crippen molar-refractivity contribution < 1.29 is 0 Å². The maximum absolute atomic E-state index is 2.42. The second-order valence-electron chi connectivity index (χ2n) is 16.5. The first-order chi connectivity index (χ1) is 31.8. The van der Waals surface area contributed by atoms with E-state index in [0.717, 1.165) is 28.3 Å². The Morgan fingerprint density at radius 2 is 0.797 bits per heavy atom. The number of hydrogen-bond donors (Lipinski definition) is 0. The van der Waals surface area contributed by atoms with Crippen molar-refractivity contribution in [3.63, 3.8) is 0 Å². The molecule has 0 unspecified atom stereocenters. The minimum Gasteiger partial charge on any atom is -0.310 e. The van der Waals surface area contributed by atoms with E-state index in [1.807, 2.05) is 0 Å². The molecule has 0 fully saturated rings. The van der Waals surface area contributed by atoms with Crippen molar-refractivity contribution in [1.82, 2.24) is 4.57 Å². The maximum atomic E-state index is 2.42. The summed E-state index contributed by atoms with van der Waals surface area (Å²) in [7, 11) is 0. The van der Waals surface area contributed by atoms with Crippen molar-refractivity contribution in [3.05, 3.63) is 255 Å². The summed E-state index contributed by atoms with van der Waals surface area (Å²) in [6, 6.07) is 92.7. The van der Waals surface area contributed by atoms with E-state index in [-0.39, 0.29) is 0 Å². The van der Waals surface area contributed by atoms with E-state index in [2.05, 4.69) is 264 Å². The molecule has 0 amide bonds. The molecule has 0 radical (unpaired) electrons. The Bertz CT molecular complexity index is 3650. The molecule has 0 saturated carbocycles. The van der Waals surface area contributed by atoms with Crippen LogP contribution < -0.4 is 4.90 Å². The molecule has 1 aromatic heterocycles. The number of aromatic nitrogens is 1. The van der Waals surface area contributed by atoms with Crippen LogP contribution in [0.2, 0.25) is 0 Å². The van der Waals surface area contributed by atoms with Crippen LogP contribution >= 0.6 is 0 Å². The van der Waals surface area contributed by atoms with Gasteiger partial charge in [-0.2, -0.15) is 0 Å². The zero-order chi connectivity index (χ0) is 42.4. The molecule has 300 valence electrons. The largest absolute Gasteiger partial charge is 0.310 e. The Kier molecular flexibility index (Phi) is 9.20. The van der Waals surface area contributed by atoms with Crippen LogP contribution in [0, 0.1) is 0 Å². The first-order valence-electron chi connectivity index (χ1n) is 22.0. The molecule has 64 heavy (non-hydrogen) atoms. The molecule has 0 atom stereocenters. The SMILES string of the molecule is c1ccc(-n2c3ccccc3c3c(-c4ccccc4-c4ccccc4N(c4ccc(-c5ccc6ccccc6c5)cc4)c4ccc(-c5cccc6ccccc56)cc4)cccc32)cc1. The highest BCUT2D eigenvalue weighted by molar-refractivity contribution is 6.17. The molecular weight excluding hydrogens is 773 g/mol. The van der Waals surface area contributed by atoms with Crippen molar-refractivity contribution in [2.24, 2.45) is 0 Å². The van der Waals surface area contributed by atoms with Crippen molar-refractivity contribution in [2.45, 2.75) is 0 Å². The Hall–Kier alpha value is -8.46. The van der Waals surface area contributed by atoms with Gasteiger partial charge in [-0.25, -0.2) is 0 Å². The van der Waals surface area contributed by atoms with Crippen molar-refractivity contribution in [2.75, 3.05) is 4.90 Å². The van der Waals surface area contributed by atoms with Gasteiger partial charge in [-0.15, -0.1) is 0 Å². The number of nitrogens with zero attached hydrogens (tertiary/aromatic N) is 2. The summed E-state index contributed by atoms with van der Waals surface area (Å²) in [6.45, 7) is 0. The minimum absolute atomic E-state index is 1.08. The van der Waals surface area contributed by atoms with Crippen LogP contribution in [0.1, 0.15) is 0 Å². The Morgan fingerprint density at radius 1 is 0.281 bits per heavy atom. The molecule has 0 bridgehead atoms. The summed E-state index contributed by atoms with van der Waals surface area (Å²) in [6.07, 6.45) is 0. The van der Waals surface area contributed by atoms with Crippen molar-refractivity contribution >= 4 is 60.4 Å². The molecular formula is C62H42N2. The monoisotopic (exact) mass is 814 g/mol. The summed E-state index contributed by atoms with van der Waals surface area (Å²) >= 11 is 0. The fourth-order valence-corrected chi connectivity index (χ4v) is 9.81. The summed E-state index contributed by atoms with van der Waals surface area (Å²) in [4.78, 5) is 2.42. The van der Waals surface area contributed by atoms with Gasteiger partial charge in [0.05, 0.1) is 16.7 Å². The molecule has 2 nitrogen and oxygen atoms in total. The van der Waals surface area contributed by atoms with E-state index < -0.39 is 0 Å². The average Bonchev–Trinajstić information content (AvgIpc) is 3.72. The first kappa shape index (κ1) is 37.3. The molecule has 0 aliphatic heterocycles. The van der Waals surface area contributed by atoms with E-state index in [1.165, 1.54) is 82.3 Å². The van der Waals surface area contributed by atoms with Gasteiger partial charge in [0.2, 0.25) is 0 Å². The van der Waals surface area contributed by atoms with E-state index in [0.29, 0.717) is 0 Å². The lowest BCUT2D eigenvalue weighted by atomic mass is 9.90. The molecule has 0 aliphatic rings. The summed E-state index contributed by atoms with van der Waals surface area (Å²) < 4.78 is 2.40. The molecule has 12 rings (SSSR count). The van der Waals surface area contributed by atoms with Crippen LogP contribution in [-0.4, -0.2) is 4.57 Å². The summed E-state index contributed by atoms with van der Waals surface area (Å²) in [5.74, 6) is 0. The molecule has 0 saturated heterocycles. The molecule has 11 aromatic carbocycles.